The third-order valence-corrected chi connectivity index (χ3v) is 4.74. The molecule has 4 rings (SSSR count). The van der Waals surface area contributed by atoms with Crippen LogP contribution in [0.15, 0.2) is 91.4 Å². The fraction of sp³-hybridized carbons (Fsp3) is 0.120. The molecule has 0 saturated carbocycles. The highest BCUT2D eigenvalue weighted by molar-refractivity contribution is 5.84. The molecule has 0 aliphatic rings. The van der Waals surface area contributed by atoms with E-state index >= 15 is 0 Å². The van der Waals surface area contributed by atoms with Gasteiger partial charge in [-0.25, -0.2) is 9.78 Å². The fourth-order valence-corrected chi connectivity index (χ4v) is 3.13. The van der Waals surface area contributed by atoms with Crippen LogP contribution in [0.3, 0.4) is 0 Å². The first-order valence-corrected chi connectivity index (χ1v) is 10.0. The molecule has 0 aliphatic heterocycles. The van der Waals surface area contributed by atoms with Gasteiger partial charge in [-0.2, -0.15) is 0 Å². The normalized spacial score (nSPS) is 10.5. The Hall–Kier alpha value is -4.06. The SMILES string of the molecule is O=C(Nc1ccc(CCOc2ccccc2-c2cnc[nH]2)cc1)OCc1ccccc1. The number of ether oxygens (including phenoxy) is 2. The Morgan fingerprint density at radius 2 is 1.68 bits per heavy atom. The summed E-state index contributed by atoms with van der Waals surface area (Å²) < 4.78 is 11.2. The molecule has 0 spiro atoms. The van der Waals surface area contributed by atoms with Gasteiger partial charge in [0.25, 0.3) is 0 Å². The summed E-state index contributed by atoms with van der Waals surface area (Å²) in [6.45, 7) is 0.777. The molecule has 0 bridgehead atoms. The number of aromatic nitrogens is 2. The van der Waals surface area contributed by atoms with Crippen LogP contribution in [0.25, 0.3) is 11.3 Å². The zero-order valence-electron chi connectivity index (χ0n) is 17.0. The van der Waals surface area contributed by atoms with E-state index in [1.54, 1.807) is 12.5 Å². The summed E-state index contributed by atoms with van der Waals surface area (Å²) in [5.74, 6) is 0.811. The van der Waals surface area contributed by atoms with E-state index in [1.165, 1.54) is 0 Å². The Morgan fingerprint density at radius 1 is 0.903 bits per heavy atom. The summed E-state index contributed by atoms with van der Waals surface area (Å²) in [4.78, 5) is 19.1. The van der Waals surface area contributed by atoms with Gasteiger partial charge in [-0.05, 0) is 35.4 Å². The molecule has 1 amide bonds. The molecule has 6 heteroatoms. The molecule has 0 aliphatic carbocycles. The first-order chi connectivity index (χ1) is 15.3. The zero-order chi connectivity index (χ0) is 21.3. The molecule has 0 radical (unpaired) electrons. The molecule has 4 aromatic rings. The molecule has 6 nitrogen and oxygen atoms in total. The lowest BCUT2D eigenvalue weighted by Crippen LogP contribution is -2.13. The summed E-state index contributed by atoms with van der Waals surface area (Å²) in [5, 5.41) is 2.74. The van der Waals surface area contributed by atoms with Gasteiger partial charge in [0.2, 0.25) is 0 Å². The first kappa shape index (κ1) is 20.2. The number of imidazole rings is 1. The van der Waals surface area contributed by atoms with Gasteiger partial charge in [-0.15, -0.1) is 0 Å². The van der Waals surface area contributed by atoms with Crippen LogP contribution in [0.5, 0.6) is 5.75 Å². The second-order valence-electron chi connectivity index (χ2n) is 6.94. The van der Waals surface area contributed by atoms with Crippen molar-refractivity contribution in [3.05, 3.63) is 103 Å². The average Bonchev–Trinajstić information content (AvgIpc) is 3.35. The number of rotatable bonds is 8. The van der Waals surface area contributed by atoms with Crippen LogP contribution in [0.2, 0.25) is 0 Å². The Bertz CT molecular complexity index is 1090. The summed E-state index contributed by atoms with van der Waals surface area (Å²) in [6, 6.07) is 25.1. The Morgan fingerprint density at radius 3 is 2.45 bits per heavy atom. The quantitative estimate of drug-likeness (QED) is 0.403. The molecule has 3 aromatic carbocycles. The number of anilines is 1. The third kappa shape index (κ3) is 5.73. The number of carbonyl (C=O) groups excluding carboxylic acids is 1. The highest BCUT2D eigenvalue weighted by Gasteiger charge is 2.07. The molecule has 0 unspecified atom stereocenters. The summed E-state index contributed by atoms with van der Waals surface area (Å²) in [6.07, 6.45) is 3.70. The van der Waals surface area contributed by atoms with Crippen LogP contribution in [-0.2, 0) is 17.8 Å². The van der Waals surface area contributed by atoms with E-state index in [4.69, 9.17) is 9.47 Å². The molecule has 2 N–H and O–H groups in total. The van der Waals surface area contributed by atoms with Gasteiger partial charge in [-0.3, -0.25) is 5.32 Å². The number of carbonyl (C=O) groups is 1. The van der Waals surface area contributed by atoms with E-state index in [0.717, 1.165) is 34.6 Å². The standard InChI is InChI=1S/C25H23N3O3/c29-25(31-17-20-6-2-1-3-7-20)28-21-12-10-19(11-13-21)14-15-30-24-9-5-4-8-22(24)23-16-26-18-27-23/h1-13,16,18H,14-15,17H2,(H,26,27)(H,28,29). The van der Waals surface area contributed by atoms with Crippen molar-refractivity contribution in [1.29, 1.82) is 0 Å². The van der Waals surface area contributed by atoms with Gasteiger partial charge >= 0.3 is 6.09 Å². The van der Waals surface area contributed by atoms with Crippen LogP contribution in [0.4, 0.5) is 10.5 Å². The van der Waals surface area contributed by atoms with Crippen molar-refractivity contribution in [3.63, 3.8) is 0 Å². The number of amides is 1. The molecule has 0 fully saturated rings. The van der Waals surface area contributed by atoms with E-state index in [-0.39, 0.29) is 6.61 Å². The molecule has 31 heavy (non-hydrogen) atoms. The lowest BCUT2D eigenvalue weighted by atomic mass is 10.1. The predicted octanol–water partition coefficient (Wildman–Crippen LogP) is 5.45. The van der Waals surface area contributed by atoms with Crippen molar-refractivity contribution in [3.8, 4) is 17.0 Å². The number of H-pyrrole nitrogens is 1. The van der Waals surface area contributed by atoms with Gasteiger partial charge < -0.3 is 14.5 Å². The average molecular weight is 413 g/mol. The Labute approximate surface area is 180 Å². The smallest absolute Gasteiger partial charge is 0.411 e. The van der Waals surface area contributed by atoms with E-state index in [9.17, 15) is 4.79 Å². The summed E-state index contributed by atoms with van der Waals surface area (Å²) in [5.41, 5.74) is 4.65. The Balaban J connectivity index is 1.25. The second kappa shape index (κ2) is 10.1. The van der Waals surface area contributed by atoms with Crippen LogP contribution < -0.4 is 10.1 Å². The molecule has 156 valence electrons. The topological polar surface area (TPSA) is 76.2 Å². The first-order valence-electron chi connectivity index (χ1n) is 10.0. The van der Waals surface area contributed by atoms with Crippen LogP contribution in [0, 0.1) is 0 Å². The van der Waals surface area contributed by atoms with Crippen molar-refractivity contribution in [2.24, 2.45) is 0 Å². The monoisotopic (exact) mass is 413 g/mol. The van der Waals surface area contributed by atoms with E-state index < -0.39 is 6.09 Å². The van der Waals surface area contributed by atoms with Crippen molar-refractivity contribution >= 4 is 11.8 Å². The van der Waals surface area contributed by atoms with Crippen molar-refractivity contribution in [1.82, 2.24) is 9.97 Å². The predicted molar refractivity (Wildman–Crippen MR) is 120 cm³/mol. The highest BCUT2D eigenvalue weighted by atomic mass is 16.5. The molecule has 1 aromatic heterocycles. The lowest BCUT2D eigenvalue weighted by Gasteiger charge is -2.11. The zero-order valence-corrected chi connectivity index (χ0v) is 17.0. The number of hydrogen-bond acceptors (Lipinski definition) is 4. The van der Waals surface area contributed by atoms with Crippen molar-refractivity contribution in [2.45, 2.75) is 13.0 Å². The molecule has 0 atom stereocenters. The van der Waals surface area contributed by atoms with Gasteiger partial charge in [0.1, 0.15) is 12.4 Å². The van der Waals surface area contributed by atoms with E-state index in [2.05, 4.69) is 15.3 Å². The number of hydrogen-bond donors (Lipinski definition) is 2. The maximum absolute atomic E-state index is 12.0. The van der Waals surface area contributed by atoms with Gasteiger partial charge in [-0.1, -0.05) is 54.6 Å². The van der Waals surface area contributed by atoms with Crippen molar-refractivity contribution < 1.29 is 14.3 Å². The summed E-state index contributed by atoms with van der Waals surface area (Å²) >= 11 is 0. The largest absolute Gasteiger partial charge is 0.493 e. The van der Waals surface area contributed by atoms with Crippen LogP contribution in [0.1, 0.15) is 11.1 Å². The summed E-state index contributed by atoms with van der Waals surface area (Å²) in [7, 11) is 0. The Kier molecular flexibility index (Phi) is 6.60. The van der Waals surface area contributed by atoms with Gasteiger partial charge in [0.05, 0.1) is 24.8 Å². The maximum atomic E-state index is 12.0. The van der Waals surface area contributed by atoms with Crippen molar-refractivity contribution in [2.75, 3.05) is 11.9 Å². The fourth-order valence-electron chi connectivity index (χ4n) is 3.13. The molecule has 0 saturated heterocycles. The highest BCUT2D eigenvalue weighted by Crippen LogP contribution is 2.28. The molecular formula is C25H23N3O3. The van der Waals surface area contributed by atoms with E-state index in [0.29, 0.717) is 12.3 Å². The molecule has 1 heterocycles. The maximum Gasteiger partial charge on any atom is 0.411 e. The number of benzene rings is 3. The molecular weight excluding hydrogens is 390 g/mol. The van der Waals surface area contributed by atoms with Crippen LogP contribution >= 0.6 is 0 Å². The number of aromatic amines is 1. The van der Waals surface area contributed by atoms with Crippen LogP contribution in [-0.4, -0.2) is 22.7 Å². The number of nitrogens with one attached hydrogen (secondary N) is 2. The lowest BCUT2D eigenvalue weighted by molar-refractivity contribution is 0.155. The minimum atomic E-state index is -0.477. The minimum absolute atomic E-state index is 0.238. The minimum Gasteiger partial charge on any atom is -0.493 e. The third-order valence-electron chi connectivity index (χ3n) is 4.74. The van der Waals surface area contributed by atoms with Gasteiger partial charge in [0, 0.05) is 17.7 Å². The number of nitrogens with zero attached hydrogens (tertiary/aromatic N) is 1. The second-order valence-corrected chi connectivity index (χ2v) is 6.94. The van der Waals surface area contributed by atoms with Gasteiger partial charge in [0.15, 0.2) is 0 Å². The van der Waals surface area contributed by atoms with E-state index in [1.807, 2.05) is 78.9 Å². The number of para-hydroxylation sites is 1.